The second kappa shape index (κ2) is 6.55. The summed E-state index contributed by atoms with van der Waals surface area (Å²) in [5.74, 6) is -1.95. The Kier molecular flexibility index (Phi) is 5.55. The largest absolute Gasteiger partial charge is 0.393 e. The smallest absolute Gasteiger partial charge is 0.246 e. The van der Waals surface area contributed by atoms with E-state index in [1.807, 2.05) is 0 Å². The van der Waals surface area contributed by atoms with Gasteiger partial charge in [0, 0.05) is 25.1 Å². The minimum atomic E-state index is -4.07. The maximum Gasteiger partial charge on any atom is 0.246 e. The second-order valence-corrected chi connectivity index (χ2v) is 6.88. The molecule has 1 aromatic rings. The van der Waals surface area contributed by atoms with E-state index in [-0.39, 0.29) is 18.0 Å². The summed E-state index contributed by atoms with van der Waals surface area (Å²) >= 11 is 4.72. The minimum Gasteiger partial charge on any atom is -0.393 e. The van der Waals surface area contributed by atoms with Gasteiger partial charge >= 0.3 is 0 Å². The van der Waals surface area contributed by atoms with Gasteiger partial charge in [-0.3, -0.25) is 0 Å². The molecule has 0 heterocycles. The lowest BCUT2D eigenvalue weighted by atomic mass is 10.3. The van der Waals surface area contributed by atoms with E-state index in [9.17, 15) is 17.2 Å². The van der Waals surface area contributed by atoms with Gasteiger partial charge in [-0.25, -0.2) is 17.2 Å². The van der Waals surface area contributed by atoms with Gasteiger partial charge in [0.25, 0.3) is 0 Å². The van der Waals surface area contributed by atoms with E-state index in [2.05, 4.69) is 0 Å². The fourth-order valence-electron chi connectivity index (χ4n) is 1.69. The molecular formula is C12H16F2N2O2S2. The molecule has 1 aromatic carbocycles. The molecule has 0 amide bonds. The Bertz CT molecular complexity index is 603. The van der Waals surface area contributed by atoms with Gasteiger partial charge < -0.3 is 5.73 Å². The van der Waals surface area contributed by atoms with Crippen molar-refractivity contribution in [1.29, 1.82) is 0 Å². The molecule has 0 bridgehead atoms. The number of thiocarbonyl (C=S) groups is 1. The van der Waals surface area contributed by atoms with Crippen molar-refractivity contribution in [2.45, 2.75) is 31.2 Å². The van der Waals surface area contributed by atoms with E-state index >= 15 is 0 Å². The highest BCUT2D eigenvalue weighted by Crippen LogP contribution is 2.22. The van der Waals surface area contributed by atoms with E-state index < -0.39 is 32.6 Å². The molecule has 0 spiro atoms. The molecule has 0 atom stereocenters. The van der Waals surface area contributed by atoms with Crippen molar-refractivity contribution < 1.29 is 17.2 Å². The molecule has 0 aliphatic rings. The lowest BCUT2D eigenvalue weighted by Gasteiger charge is -2.25. The zero-order valence-electron chi connectivity index (χ0n) is 11.1. The van der Waals surface area contributed by atoms with Gasteiger partial charge in [0.15, 0.2) is 0 Å². The first-order valence-corrected chi connectivity index (χ1v) is 7.76. The number of sulfonamides is 1. The van der Waals surface area contributed by atoms with E-state index in [1.165, 1.54) is 0 Å². The van der Waals surface area contributed by atoms with Crippen LogP contribution >= 0.6 is 12.2 Å². The molecule has 0 fully saturated rings. The normalized spacial score (nSPS) is 12.1. The van der Waals surface area contributed by atoms with Crippen LogP contribution in [0.1, 0.15) is 20.3 Å². The van der Waals surface area contributed by atoms with Crippen LogP contribution in [0.2, 0.25) is 0 Å². The predicted octanol–water partition coefficient (Wildman–Crippen LogP) is 2.04. The molecule has 8 heteroatoms. The standard InChI is InChI=1S/C12H16F2N2O2S2/c1-8(2)16(6-5-12(15)19)20(17,18)11-4-3-9(13)7-10(11)14/h3-4,7-8H,5-6H2,1-2H3,(H2,15,19). The van der Waals surface area contributed by atoms with E-state index in [0.717, 1.165) is 16.4 Å². The Hall–Kier alpha value is -1.12. The first kappa shape index (κ1) is 16.9. The highest BCUT2D eigenvalue weighted by atomic mass is 32.2. The number of rotatable bonds is 6. The van der Waals surface area contributed by atoms with Gasteiger partial charge in [0.1, 0.15) is 16.5 Å². The van der Waals surface area contributed by atoms with Crippen molar-refractivity contribution in [3.05, 3.63) is 29.8 Å². The van der Waals surface area contributed by atoms with Crippen LogP contribution in [0, 0.1) is 11.6 Å². The average molecular weight is 322 g/mol. The van der Waals surface area contributed by atoms with Crippen molar-refractivity contribution in [3.63, 3.8) is 0 Å². The number of hydrogen-bond donors (Lipinski definition) is 1. The third-order valence-electron chi connectivity index (χ3n) is 2.64. The van der Waals surface area contributed by atoms with Gasteiger partial charge in [-0.05, 0) is 26.0 Å². The topological polar surface area (TPSA) is 63.4 Å². The molecule has 0 aliphatic carbocycles. The van der Waals surface area contributed by atoms with Gasteiger partial charge in [-0.15, -0.1) is 0 Å². The Balaban J connectivity index is 3.19. The van der Waals surface area contributed by atoms with Crippen LogP contribution in [0.5, 0.6) is 0 Å². The monoisotopic (exact) mass is 322 g/mol. The maximum absolute atomic E-state index is 13.7. The van der Waals surface area contributed by atoms with Crippen LogP contribution in [-0.2, 0) is 10.0 Å². The molecule has 0 unspecified atom stereocenters. The molecular weight excluding hydrogens is 306 g/mol. The predicted molar refractivity (Wildman–Crippen MR) is 76.8 cm³/mol. The minimum absolute atomic E-state index is 0.0478. The molecule has 2 N–H and O–H groups in total. The van der Waals surface area contributed by atoms with Crippen LogP contribution in [0.4, 0.5) is 8.78 Å². The van der Waals surface area contributed by atoms with E-state index in [1.54, 1.807) is 13.8 Å². The van der Waals surface area contributed by atoms with Crippen molar-refractivity contribution in [1.82, 2.24) is 4.31 Å². The molecule has 0 aliphatic heterocycles. The Morgan fingerprint density at radius 1 is 1.40 bits per heavy atom. The average Bonchev–Trinajstić information content (AvgIpc) is 2.26. The molecule has 1 rings (SSSR count). The van der Waals surface area contributed by atoms with E-state index in [4.69, 9.17) is 18.0 Å². The van der Waals surface area contributed by atoms with Crippen LogP contribution < -0.4 is 5.73 Å². The second-order valence-electron chi connectivity index (χ2n) is 4.50. The summed E-state index contributed by atoms with van der Waals surface area (Å²) in [6.45, 7) is 3.35. The number of nitrogens with two attached hydrogens (primary N) is 1. The molecule has 0 saturated heterocycles. The molecule has 0 radical (unpaired) electrons. The Morgan fingerprint density at radius 3 is 2.45 bits per heavy atom. The SMILES string of the molecule is CC(C)N(CCC(N)=S)S(=O)(=O)c1ccc(F)cc1F. The number of hydrogen-bond acceptors (Lipinski definition) is 3. The van der Waals surface area contributed by atoms with Crippen molar-refractivity contribution in [3.8, 4) is 0 Å². The number of halogens is 2. The van der Waals surface area contributed by atoms with Crippen LogP contribution in [0.15, 0.2) is 23.1 Å². The molecule has 0 aromatic heterocycles. The molecule has 0 saturated carbocycles. The summed E-state index contributed by atoms with van der Waals surface area (Å²) in [4.78, 5) is -0.388. The third-order valence-corrected chi connectivity index (χ3v) is 4.95. The highest BCUT2D eigenvalue weighted by molar-refractivity contribution is 7.89. The van der Waals surface area contributed by atoms with Crippen LogP contribution in [-0.4, -0.2) is 30.3 Å². The zero-order chi connectivity index (χ0) is 15.5. The van der Waals surface area contributed by atoms with Crippen molar-refractivity contribution in [2.75, 3.05) is 6.54 Å². The van der Waals surface area contributed by atoms with Gasteiger partial charge in [0.2, 0.25) is 10.0 Å². The zero-order valence-corrected chi connectivity index (χ0v) is 12.8. The van der Waals surface area contributed by atoms with Crippen molar-refractivity contribution in [2.24, 2.45) is 5.73 Å². The molecule has 20 heavy (non-hydrogen) atoms. The summed E-state index contributed by atoms with van der Waals surface area (Å²) in [6.07, 6.45) is 0.190. The molecule has 112 valence electrons. The first-order valence-electron chi connectivity index (χ1n) is 5.91. The third kappa shape index (κ3) is 3.94. The maximum atomic E-state index is 13.7. The summed E-state index contributed by atoms with van der Waals surface area (Å²) in [5.41, 5.74) is 5.36. The Labute approximate surface area is 122 Å². The quantitative estimate of drug-likeness (QED) is 0.814. The number of benzene rings is 1. The van der Waals surface area contributed by atoms with Gasteiger partial charge in [-0.2, -0.15) is 4.31 Å². The summed E-state index contributed by atoms with van der Waals surface area (Å²) < 4.78 is 52.4. The molecule has 4 nitrogen and oxygen atoms in total. The fraction of sp³-hybridized carbons (Fsp3) is 0.417. The summed E-state index contributed by atoms with van der Waals surface area (Å²) in [7, 11) is -4.07. The van der Waals surface area contributed by atoms with Gasteiger partial charge in [0.05, 0.1) is 4.99 Å². The lowest BCUT2D eigenvalue weighted by Crippen LogP contribution is -2.39. The highest BCUT2D eigenvalue weighted by Gasteiger charge is 2.29. The van der Waals surface area contributed by atoms with Crippen LogP contribution in [0.25, 0.3) is 0 Å². The fourth-order valence-corrected chi connectivity index (χ4v) is 3.46. The van der Waals surface area contributed by atoms with E-state index in [0.29, 0.717) is 6.07 Å². The lowest BCUT2D eigenvalue weighted by molar-refractivity contribution is 0.360. The Morgan fingerprint density at radius 2 is 2.00 bits per heavy atom. The van der Waals surface area contributed by atoms with Gasteiger partial charge in [-0.1, -0.05) is 12.2 Å². The van der Waals surface area contributed by atoms with Crippen molar-refractivity contribution >= 4 is 27.2 Å². The first-order chi connectivity index (χ1) is 9.16. The number of nitrogens with zero attached hydrogens (tertiary/aromatic N) is 1. The van der Waals surface area contributed by atoms with Crippen LogP contribution in [0.3, 0.4) is 0 Å². The summed E-state index contributed by atoms with van der Waals surface area (Å²) in [5, 5.41) is 0. The summed E-state index contributed by atoms with van der Waals surface area (Å²) in [6, 6.07) is 1.95.